The van der Waals surface area contributed by atoms with Gasteiger partial charge in [0.15, 0.2) is 5.82 Å². The first-order chi connectivity index (χ1) is 9.70. The Morgan fingerprint density at radius 3 is 2.57 bits per heavy atom. The third-order valence-corrected chi connectivity index (χ3v) is 3.84. The first-order valence-corrected chi connectivity index (χ1v) is 6.88. The summed E-state index contributed by atoms with van der Waals surface area (Å²) in [6.07, 6.45) is 0. The Labute approximate surface area is 117 Å². The van der Waals surface area contributed by atoms with E-state index in [0.717, 1.165) is 6.07 Å². The lowest BCUT2D eigenvalue weighted by Gasteiger charge is -2.08. The number of nitrogens with zero attached hydrogens (tertiary/aromatic N) is 2. The van der Waals surface area contributed by atoms with Gasteiger partial charge in [0.2, 0.25) is 5.88 Å². The lowest BCUT2D eigenvalue weighted by Crippen LogP contribution is -2.16. The number of aromatic nitrogens is 1. The fourth-order valence-corrected chi connectivity index (χ4v) is 2.73. The van der Waals surface area contributed by atoms with Gasteiger partial charge in [-0.2, -0.15) is 0 Å². The number of aryl methyl sites for hydroxylation is 1. The highest BCUT2D eigenvalue weighted by molar-refractivity contribution is 7.92. The Bertz CT molecular complexity index is 794. The van der Waals surface area contributed by atoms with Gasteiger partial charge in [-0.3, -0.25) is 10.1 Å². The average Bonchev–Trinajstić information content (AvgIpc) is 2.72. The van der Waals surface area contributed by atoms with E-state index < -0.39 is 37.0 Å². The number of rotatable bonds is 4. The number of anilines is 2. The van der Waals surface area contributed by atoms with Gasteiger partial charge in [-0.25, -0.2) is 17.5 Å². The third-order valence-electron chi connectivity index (χ3n) is 2.40. The number of halogens is 1. The molecular formula is C10H9FN4O5S. The van der Waals surface area contributed by atoms with Crippen LogP contribution in [-0.2, 0) is 10.0 Å². The molecule has 0 aliphatic carbocycles. The number of nitrogens with one attached hydrogen (secondary N) is 1. The monoisotopic (exact) mass is 316 g/mol. The van der Waals surface area contributed by atoms with E-state index in [2.05, 4.69) is 9.68 Å². The highest BCUT2D eigenvalue weighted by Crippen LogP contribution is 2.29. The van der Waals surface area contributed by atoms with Crippen LogP contribution in [0.1, 0.15) is 5.69 Å². The fourth-order valence-electron chi connectivity index (χ4n) is 1.58. The van der Waals surface area contributed by atoms with Crippen LogP contribution >= 0.6 is 0 Å². The topological polar surface area (TPSA) is 141 Å². The van der Waals surface area contributed by atoms with E-state index >= 15 is 0 Å². The molecule has 0 radical (unpaired) electrons. The molecule has 0 bridgehead atoms. The molecule has 1 heterocycles. The van der Waals surface area contributed by atoms with Crippen molar-refractivity contribution in [3.63, 3.8) is 0 Å². The van der Waals surface area contributed by atoms with Crippen molar-refractivity contribution >= 4 is 27.3 Å². The Balaban J connectivity index is 2.47. The molecule has 0 saturated heterocycles. The molecule has 2 rings (SSSR count). The Morgan fingerprint density at radius 1 is 1.43 bits per heavy atom. The third kappa shape index (κ3) is 2.91. The molecule has 0 atom stereocenters. The van der Waals surface area contributed by atoms with Crippen molar-refractivity contribution in [1.82, 2.24) is 5.16 Å². The number of benzene rings is 1. The maximum absolute atomic E-state index is 13.8. The summed E-state index contributed by atoms with van der Waals surface area (Å²) in [6.45, 7) is 1.56. The van der Waals surface area contributed by atoms with Gasteiger partial charge in [0.1, 0.15) is 4.90 Å². The highest BCUT2D eigenvalue weighted by atomic mass is 32.2. The van der Waals surface area contributed by atoms with Crippen LogP contribution in [0, 0.1) is 22.9 Å². The molecule has 0 spiro atoms. The molecule has 3 N–H and O–H groups in total. The van der Waals surface area contributed by atoms with Crippen LogP contribution in [0.2, 0.25) is 0 Å². The molecule has 0 aliphatic heterocycles. The second-order valence-electron chi connectivity index (χ2n) is 4.04. The molecule has 21 heavy (non-hydrogen) atoms. The first-order valence-electron chi connectivity index (χ1n) is 5.40. The van der Waals surface area contributed by atoms with Crippen molar-refractivity contribution in [2.45, 2.75) is 11.8 Å². The van der Waals surface area contributed by atoms with Crippen LogP contribution in [0.25, 0.3) is 0 Å². The van der Waals surface area contributed by atoms with Crippen LogP contribution < -0.4 is 10.5 Å². The minimum absolute atomic E-state index is 0.232. The van der Waals surface area contributed by atoms with Gasteiger partial charge in [-0.15, -0.1) is 0 Å². The number of hydrogen-bond acceptors (Lipinski definition) is 7. The number of nitrogens with two attached hydrogens (primary N) is 1. The maximum atomic E-state index is 13.8. The summed E-state index contributed by atoms with van der Waals surface area (Å²) in [4.78, 5) is 8.77. The largest absolute Gasteiger partial charge is 0.397 e. The van der Waals surface area contributed by atoms with E-state index in [4.69, 9.17) is 5.73 Å². The molecule has 0 amide bonds. The highest BCUT2D eigenvalue weighted by Gasteiger charge is 2.27. The predicted molar refractivity (Wildman–Crippen MR) is 69.5 cm³/mol. The second kappa shape index (κ2) is 5.01. The molecule has 0 saturated carbocycles. The lowest BCUT2D eigenvalue weighted by atomic mass is 10.3. The van der Waals surface area contributed by atoms with Gasteiger partial charge in [-0.1, -0.05) is 5.16 Å². The zero-order valence-electron chi connectivity index (χ0n) is 10.5. The van der Waals surface area contributed by atoms with Gasteiger partial charge < -0.3 is 10.3 Å². The van der Waals surface area contributed by atoms with Crippen molar-refractivity contribution in [1.29, 1.82) is 0 Å². The van der Waals surface area contributed by atoms with Crippen LogP contribution in [0.15, 0.2) is 27.6 Å². The SMILES string of the molecule is Cc1cc(NS(=O)(=O)c2c(N)cc([N+](=O)[O-])cc2F)on1. The van der Waals surface area contributed by atoms with Gasteiger partial charge in [-0.05, 0) is 6.92 Å². The van der Waals surface area contributed by atoms with E-state index in [1.165, 1.54) is 6.07 Å². The molecule has 9 nitrogen and oxygen atoms in total. The van der Waals surface area contributed by atoms with Crippen molar-refractivity contribution < 1.29 is 22.3 Å². The van der Waals surface area contributed by atoms with Crippen molar-refractivity contribution in [3.8, 4) is 0 Å². The van der Waals surface area contributed by atoms with Crippen LogP contribution in [0.3, 0.4) is 0 Å². The van der Waals surface area contributed by atoms with Crippen molar-refractivity contribution in [3.05, 3.63) is 39.8 Å². The molecule has 2 aromatic rings. The summed E-state index contributed by atoms with van der Waals surface area (Å²) in [6, 6.07) is 2.50. The molecule has 1 aromatic heterocycles. The zero-order chi connectivity index (χ0) is 15.8. The van der Waals surface area contributed by atoms with Crippen molar-refractivity contribution in [2.24, 2.45) is 0 Å². The second-order valence-corrected chi connectivity index (χ2v) is 5.66. The minimum atomic E-state index is -4.41. The summed E-state index contributed by atoms with van der Waals surface area (Å²) in [5, 5.41) is 14.0. The first kappa shape index (κ1) is 14.7. The van der Waals surface area contributed by atoms with Gasteiger partial charge >= 0.3 is 0 Å². The smallest absolute Gasteiger partial charge is 0.274 e. The van der Waals surface area contributed by atoms with E-state index in [1.54, 1.807) is 6.92 Å². The van der Waals surface area contributed by atoms with Gasteiger partial charge in [0, 0.05) is 12.1 Å². The quantitative estimate of drug-likeness (QED) is 0.493. The normalized spacial score (nSPS) is 11.3. The number of nitro groups is 1. The fraction of sp³-hybridized carbons (Fsp3) is 0.100. The van der Waals surface area contributed by atoms with Crippen molar-refractivity contribution in [2.75, 3.05) is 10.5 Å². The van der Waals surface area contributed by atoms with Crippen LogP contribution in [-0.4, -0.2) is 18.5 Å². The molecule has 0 unspecified atom stereocenters. The number of hydrogen-bond donors (Lipinski definition) is 2. The summed E-state index contributed by atoms with van der Waals surface area (Å²) < 4.78 is 44.5. The standard InChI is InChI=1S/C10H9FN4O5S/c1-5-2-9(20-13-5)14-21(18,19)10-7(11)3-6(15(16)17)4-8(10)12/h2-4,14H,12H2,1H3. The van der Waals surface area contributed by atoms with Crippen LogP contribution in [0.5, 0.6) is 0 Å². The predicted octanol–water partition coefficient (Wildman–Crippen LogP) is 1.41. The molecule has 1 aromatic carbocycles. The zero-order valence-corrected chi connectivity index (χ0v) is 11.3. The molecular weight excluding hydrogens is 307 g/mol. The number of nitrogen functional groups attached to an aromatic ring is 1. The molecule has 112 valence electrons. The Hall–Kier alpha value is -2.69. The van der Waals surface area contributed by atoms with Crippen LogP contribution in [0.4, 0.5) is 21.6 Å². The molecule has 0 aliphatic rings. The maximum Gasteiger partial charge on any atom is 0.274 e. The van der Waals surface area contributed by atoms with E-state index in [1.807, 2.05) is 4.72 Å². The Kier molecular flexibility index (Phi) is 3.51. The summed E-state index contributed by atoms with van der Waals surface area (Å²) in [7, 11) is -4.41. The minimum Gasteiger partial charge on any atom is -0.397 e. The average molecular weight is 316 g/mol. The van der Waals surface area contributed by atoms with E-state index in [0.29, 0.717) is 11.8 Å². The Morgan fingerprint density at radius 2 is 2.10 bits per heavy atom. The van der Waals surface area contributed by atoms with Gasteiger partial charge in [0.25, 0.3) is 15.7 Å². The summed E-state index contributed by atoms with van der Waals surface area (Å²) >= 11 is 0. The van der Waals surface area contributed by atoms with Gasteiger partial charge in [0.05, 0.1) is 22.4 Å². The number of sulfonamides is 1. The summed E-state index contributed by atoms with van der Waals surface area (Å²) in [5.74, 6) is -1.57. The molecule has 0 fully saturated rings. The molecule has 11 heteroatoms. The summed E-state index contributed by atoms with van der Waals surface area (Å²) in [5.41, 5.74) is 4.56. The number of non-ortho nitro benzene ring substituents is 1. The number of nitro benzene ring substituents is 1. The lowest BCUT2D eigenvalue weighted by molar-refractivity contribution is -0.385. The van der Waals surface area contributed by atoms with E-state index in [-0.39, 0.29) is 5.88 Å². The van der Waals surface area contributed by atoms with E-state index in [9.17, 15) is 22.9 Å².